The molecule has 7 heteroatoms. The average Bonchev–Trinajstić information content (AvgIpc) is 2.78. The average molecular weight is 311 g/mol. The van der Waals surface area contributed by atoms with Crippen LogP contribution >= 0.6 is 7.60 Å². The topological polar surface area (TPSA) is 81.8 Å². The highest BCUT2D eigenvalue weighted by Crippen LogP contribution is 2.46. The van der Waals surface area contributed by atoms with Gasteiger partial charge in [0.2, 0.25) is 0 Å². The molecule has 4 atom stereocenters. The number of rotatable bonds is 5. The van der Waals surface area contributed by atoms with Crippen LogP contribution in [0.2, 0.25) is 0 Å². The van der Waals surface area contributed by atoms with Crippen molar-refractivity contribution >= 4 is 15.4 Å². The lowest BCUT2D eigenvalue weighted by Gasteiger charge is -2.18. The fourth-order valence-electron chi connectivity index (χ4n) is 2.19. The highest BCUT2D eigenvalue weighted by molar-refractivity contribution is 7.51. The van der Waals surface area contributed by atoms with Crippen LogP contribution in [0.4, 0.5) is 0 Å². The molecule has 0 aliphatic carbocycles. The Balaban J connectivity index is 0.00000106. The smallest absolute Gasteiger partial charge is 0.332 e. The van der Waals surface area contributed by atoms with Gasteiger partial charge in [0.05, 0.1) is 18.9 Å². The molecular formula is C14H23BNO4P. The Morgan fingerprint density at radius 1 is 1.43 bits per heavy atom. The number of nitrogens with two attached hydrogens (primary N) is 1. The van der Waals surface area contributed by atoms with E-state index in [1.807, 2.05) is 25.1 Å². The van der Waals surface area contributed by atoms with Crippen molar-refractivity contribution < 1.29 is 18.7 Å². The van der Waals surface area contributed by atoms with Gasteiger partial charge in [0.15, 0.2) is 0 Å². The summed E-state index contributed by atoms with van der Waals surface area (Å²) in [5, 5.41) is 0. The van der Waals surface area contributed by atoms with E-state index in [-0.39, 0.29) is 30.8 Å². The third-order valence-corrected chi connectivity index (χ3v) is 4.57. The minimum atomic E-state index is -3.63. The van der Waals surface area contributed by atoms with Crippen molar-refractivity contribution in [1.29, 1.82) is 0 Å². The van der Waals surface area contributed by atoms with Crippen LogP contribution in [0.25, 0.3) is 0 Å². The Kier molecular flexibility index (Phi) is 7.64. The molecule has 3 N–H and O–H groups in total. The summed E-state index contributed by atoms with van der Waals surface area (Å²) >= 11 is 0. The Bertz CT molecular complexity index is 460. The predicted molar refractivity (Wildman–Crippen MR) is 84.2 cm³/mol. The maximum atomic E-state index is 12.0. The Morgan fingerprint density at radius 2 is 2.05 bits per heavy atom. The second kappa shape index (κ2) is 8.71. The maximum absolute atomic E-state index is 12.0. The molecule has 1 aromatic carbocycles. The molecular weight excluding hydrogens is 288 g/mol. The van der Waals surface area contributed by atoms with Gasteiger partial charge in [0, 0.05) is 6.00 Å². The molecule has 116 valence electrons. The molecule has 0 amide bonds. The molecule has 1 aliphatic rings. The van der Waals surface area contributed by atoms with Gasteiger partial charge in [0.25, 0.3) is 0 Å². The summed E-state index contributed by atoms with van der Waals surface area (Å²) < 4.78 is 22.6. The van der Waals surface area contributed by atoms with Gasteiger partial charge in [-0.1, -0.05) is 37.3 Å². The molecule has 5 nitrogen and oxygen atoms in total. The van der Waals surface area contributed by atoms with Crippen LogP contribution in [0.5, 0.6) is 0 Å². The van der Waals surface area contributed by atoms with E-state index < -0.39 is 7.60 Å². The van der Waals surface area contributed by atoms with Gasteiger partial charge in [-0.15, -0.1) is 0 Å². The van der Waals surface area contributed by atoms with Crippen molar-refractivity contribution in [1.82, 2.24) is 0 Å². The lowest BCUT2D eigenvalue weighted by molar-refractivity contribution is 0.0337. The van der Waals surface area contributed by atoms with Crippen LogP contribution in [0.3, 0.4) is 0 Å². The normalized spacial score (nSPS) is 27.5. The van der Waals surface area contributed by atoms with Crippen molar-refractivity contribution in [2.24, 2.45) is 11.7 Å². The Morgan fingerprint density at radius 3 is 2.57 bits per heavy atom. The summed E-state index contributed by atoms with van der Waals surface area (Å²) in [6.07, 6.45) is 0.565. The van der Waals surface area contributed by atoms with Crippen molar-refractivity contribution in [2.75, 3.05) is 13.7 Å². The molecule has 1 aliphatic heterocycles. The van der Waals surface area contributed by atoms with Crippen LogP contribution in [-0.4, -0.2) is 38.5 Å². The highest BCUT2D eigenvalue weighted by Gasteiger charge is 2.31. The van der Waals surface area contributed by atoms with E-state index in [0.717, 1.165) is 12.0 Å². The lowest BCUT2D eigenvalue weighted by Crippen LogP contribution is -2.20. The summed E-state index contributed by atoms with van der Waals surface area (Å²) in [5.74, 6) is 0.242. The quantitative estimate of drug-likeness (QED) is 0.641. The first kappa shape index (κ1) is 18.4. The van der Waals surface area contributed by atoms with Crippen LogP contribution in [0.15, 0.2) is 30.3 Å². The van der Waals surface area contributed by atoms with E-state index in [9.17, 15) is 9.46 Å². The van der Waals surface area contributed by atoms with E-state index in [1.165, 1.54) is 7.05 Å². The number of hydrogen-bond acceptors (Lipinski definition) is 4. The molecule has 0 saturated carbocycles. The van der Waals surface area contributed by atoms with Gasteiger partial charge in [-0.25, -0.2) is 0 Å². The summed E-state index contributed by atoms with van der Waals surface area (Å²) in [4.78, 5) is 9.83. The SMILES string of the molecule is CN.[B][C@H]1C[C@@H](C)[C@@H](COP(=O)(O)Cc2ccccc2)O1. The fraction of sp³-hybridized carbons (Fsp3) is 0.571. The minimum absolute atomic E-state index is 0.0149. The number of ether oxygens (including phenoxy) is 1. The van der Waals surface area contributed by atoms with Gasteiger partial charge >= 0.3 is 7.60 Å². The fourth-order valence-corrected chi connectivity index (χ4v) is 3.33. The van der Waals surface area contributed by atoms with Gasteiger partial charge < -0.3 is 19.9 Å². The third kappa shape index (κ3) is 6.33. The lowest BCUT2D eigenvalue weighted by atomic mass is 9.92. The van der Waals surface area contributed by atoms with Gasteiger partial charge in [-0.2, -0.15) is 0 Å². The van der Waals surface area contributed by atoms with Gasteiger partial charge in [0.1, 0.15) is 7.85 Å². The standard InChI is InChI=1S/C13H18BO4P.CH5N/c1-10-7-13(14)18-12(10)8-17-19(15,16)9-11-5-3-2-4-6-11;1-2/h2-6,10,12-13H,7-9H2,1H3,(H,15,16);2H2,1H3/t10-,12-,13-;/m1./s1. The van der Waals surface area contributed by atoms with E-state index in [1.54, 1.807) is 12.1 Å². The first-order valence-corrected chi connectivity index (χ1v) is 8.71. The van der Waals surface area contributed by atoms with Crippen molar-refractivity contribution in [3.8, 4) is 0 Å². The largest absolute Gasteiger partial charge is 0.382 e. The summed E-state index contributed by atoms with van der Waals surface area (Å²) in [6.45, 7) is 2.11. The maximum Gasteiger partial charge on any atom is 0.332 e. The number of hydrogen-bond donors (Lipinski definition) is 2. The Labute approximate surface area is 127 Å². The Hall–Kier alpha value is -0.645. The van der Waals surface area contributed by atoms with Gasteiger partial charge in [-0.05, 0) is 24.9 Å². The first-order valence-electron chi connectivity index (χ1n) is 6.95. The predicted octanol–water partition coefficient (Wildman–Crippen LogP) is 1.88. The van der Waals surface area contributed by atoms with E-state index in [4.69, 9.17) is 17.1 Å². The van der Waals surface area contributed by atoms with Crippen molar-refractivity contribution in [3.05, 3.63) is 35.9 Å². The molecule has 0 bridgehead atoms. The van der Waals surface area contributed by atoms with E-state index in [0.29, 0.717) is 0 Å². The molecule has 21 heavy (non-hydrogen) atoms. The zero-order valence-electron chi connectivity index (χ0n) is 12.5. The van der Waals surface area contributed by atoms with Gasteiger partial charge in [-0.3, -0.25) is 4.57 Å². The molecule has 0 aromatic heterocycles. The molecule has 2 radical (unpaired) electrons. The molecule has 1 unspecified atom stereocenters. The number of benzene rings is 1. The monoisotopic (exact) mass is 311 g/mol. The van der Waals surface area contributed by atoms with Crippen LogP contribution in [-0.2, 0) is 20.0 Å². The third-order valence-electron chi connectivity index (χ3n) is 3.25. The summed E-state index contributed by atoms with van der Waals surface area (Å²) in [5.41, 5.74) is 5.28. The minimum Gasteiger partial charge on any atom is -0.382 e. The van der Waals surface area contributed by atoms with E-state index in [2.05, 4.69) is 5.73 Å². The summed E-state index contributed by atoms with van der Waals surface area (Å²) in [6, 6.07) is 8.83. The van der Waals surface area contributed by atoms with Crippen LogP contribution in [0, 0.1) is 5.92 Å². The molecule has 1 aromatic rings. The van der Waals surface area contributed by atoms with Crippen molar-refractivity contribution in [2.45, 2.75) is 31.6 Å². The second-order valence-electron chi connectivity index (χ2n) is 5.00. The van der Waals surface area contributed by atoms with Crippen LogP contribution < -0.4 is 5.73 Å². The van der Waals surface area contributed by atoms with Crippen LogP contribution in [0.1, 0.15) is 18.9 Å². The zero-order valence-corrected chi connectivity index (χ0v) is 13.4. The summed E-state index contributed by atoms with van der Waals surface area (Å²) in [7, 11) is 3.54. The van der Waals surface area contributed by atoms with E-state index >= 15 is 0 Å². The first-order chi connectivity index (χ1) is 9.96. The highest BCUT2D eigenvalue weighted by atomic mass is 31.2. The zero-order chi connectivity index (χ0) is 15.9. The molecule has 0 spiro atoms. The molecule has 1 fully saturated rings. The van der Waals surface area contributed by atoms with Crippen molar-refractivity contribution in [3.63, 3.8) is 0 Å². The molecule has 2 rings (SSSR count). The molecule has 1 saturated heterocycles. The molecule has 1 heterocycles. The second-order valence-corrected chi connectivity index (χ2v) is 6.85.